The SMILES string of the molecule is COc1ccc(Oc2ccc(Cl)cc2NC(=O)c2ccc(CN3CCCC3=O)cc2)cc1. The van der Waals surface area contributed by atoms with Gasteiger partial charge in [-0.1, -0.05) is 23.7 Å². The number of halogens is 1. The van der Waals surface area contributed by atoms with E-state index in [-0.39, 0.29) is 11.8 Å². The number of methoxy groups -OCH3 is 1. The lowest BCUT2D eigenvalue weighted by Gasteiger charge is -2.16. The minimum Gasteiger partial charge on any atom is -0.497 e. The van der Waals surface area contributed by atoms with Crippen molar-refractivity contribution in [1.82, 2.24) is 4.90 Å². The predicted molar refractivity (Wildman–Crippen MR) is 124 cm³/mol. The number of rotatable bonds is 7. The van der Waals surface area contributed by atoms with Crippen LogP contribution in [0.1, 0.15) is 28.8 Å². The molecule has 3 aromatic carbocycles. The number of amides is 2. The van der Waals surface area contributed by atoms with Crippen LogP contribution in [0.15, 0.2) is 66.7 Å². The number of carbonyl (C=O) groups excluding carboxylic acids is 2. The van der Waals surface area contributed by atoms with Crippen molar-refractivity contribution in [2.75, 3.05) is 19.0 Å². The summed E-state index contributed by atoms with van der Waals surface area (Å²) in [7, 11) is 1.60. The van der Waals surface area contributed by atoms with E-state index in [2.05, 4.69) is 5.32 Å². The zero-order valence-corrected chi connectivity index (χ0v) is 18.4. The Bertz CT molecular complexity index is 1110. The Morgan fingerprint density at radius 1 is 1.03 bits per heavy atom. The summed E-state index contributed by atoms with van der Waals surface area (Å²) in [5.74, 6) is 1.69. The topological polar surface area (TPSA) is 67.9 Å². The fourth-order valence-electron chi connectivity index (χ4n) is 3.51. The van der Waals surface area contributed by atoms with E-state index in [1.807, 2.05) is 17.0 Å². The minimum atomic E-state index is -0.282. The molecule has 3 aromatic rings. The first-order valence-corrected chi connectivity index (χ1v) is 10.7. The number of nitrogens with one attached hydrogen (secondary N) is 1. The van der Waals surface area contributed by atoms with Crippen molar-refractivity contribution in [1.29, 1.82) is 0 Å². The Labute approximate surface area is 191 Å². The summed E-state index contributed by atoms with van der Waals surface area (Å²) in [6.07, 6.45) is 1.51. The highest BCUT2D eigenvalue weighted by atomic mass is 35.5. The van der Waals surface area contributed by atoms with Crippen molar-refractivity contribution in [2.45, 2.75) is 19.4 Å². The lowest BCUT2D eigenvalue weighted by Crippen LogP contribution is -2.23. The molecule has 0 unspecified atom stereocenters. The van der Waals surface area contributed by atoms with Gasteiger partial charge >= 0.3 is 0 Å². The second-order valence-corrected chi connectivity index (χ2v) is 7.92. The Hall–Kier alpha value is -3.51. The first kappa shape index (κ1) is 21.7. The van der Waals surface area contributed by atoms with Crippen LogP contribution >= 0.6 is 11.6 Å². The number of hydrogen-bond donors (Lipinski definition) is 1. The number of ether oxygens (including phenoxy) is 2. The molecule has 1 N–H and O–H groups in total. The van der Waals surface area contributed by atoms with Crippen molar-refractivity contribution in [3.63, 3.8) is 0 Å². The van der Waals surface area contributed by atoms with E-state index in [1.54, 1.807) is 61.7 Å². The fraction of sp³-hybridized carbons (Fsp3) is 0.200. The number of likely N-dealkylation sites (tertiary alicyclic amines) is 1. The van der Waals surface area contributed by atoms with Gasteiger partial charge in [-0.3, -0.25) is 9.59 Å². The maximum Gasteiger partial charge on any atom is 0.255 e. The highest BCUT2D eigenvalue weighted by Gasteiger charge is 2.20. The summed E-state index contributed by atoms with van der Waals surface area (Å²) >= 11 is 6.15. The third kappa shape index (κ3) is 5.21. The Kier molecular flexibility index (Phi) is 6.61. The molecule has 0 aliphatic carbocycles. The molecule has 0 saturated carbocycles. The summed E-state index contributed by atoms with van der Waals surface area (Å²) < 4.78 is 11.1. The molecule has 4 rings (SSSR count). The van der Waals surface area contributed by atoms with Crippen LogP contribution in [0.3, 0.4) is 0 Å². The van der Waals surface area contributed by atoms with E-state index in [1.165, 1.54) is 0 Å². The van der Waals surface area contributed by atoms with Crippen molar-refractivity contribution in [3.05, 3.63) is 82.9 Å². The van der Waals surface area contributed by atoms with Gasteiger partial charge in [0.25, 0.3) is 5.91 Å². The quantitative estimate of drug-likeness (QED) is 0.515. The van der Waals surface area contributed by atoms with E-state index < -0.39 is 0 Å². The Balaban J connectivity index is 1.46. The molecule has 32 heavy (non-hydrogen) atoms. The van der Waals surface area contributed by atoms with Crippen LogP contribution in [0, 0.1) is 0 Å². The van der Waals surface area contributed by atoms with E-state index in [9.17, 15) is 9.59 Å². The van der Waals surface area contributed by atoms with Gasteiger partial charge < -0.3 is 19.7 Å². The maximum atomic E-state index is 12.8. The number of hydrogen-bond acceptors (Lipinski definition) is 4. The lowest BCUT2D eigenvalue weighted by molar-refractivity contribution is -0.128. The van der Waals surface area contributed by atoms with Gasteiger partial charge in [0.05, 0.1) is 12.8 Å². The molecule has 1 aliphatic rings. The van der Waals surface area contributed by atoms with Gasteiger partial charge in [0.1, 0.15) is 11.5 Å². The molecule has 0 radical (unpaired) electrons. The van der Waals surface area contributed by atoms with Gasteiger partial charge in [-0.15, -0.1) is 0 Å². The van der Waals surface area contributed by atoms with Crippen molar-refractivity contribution >= 4 is 29.1 Å². The van der Waals surface area contributed by atoms with Crippen LogP contribution in [-0.2, 0) is 11.3 Å². The molecule has 0 spiro atoms. The second-order valence-electron chi connectivity index (χ2n) is 7.49. The first-order valence-electron chi connectivity index (χ1n) is 10.3. The number of benzene rings is 3. The van der Waals surface area contributed by atoms with Crippen LogP contribution in [0.5, 0.6) is 17.2 Å². The fourth-order valence-corrected chi connectivity index (χ4v) is 3.68. The van der Waals surface area contributed by atoms with Gasteiger partial charge in [-0.25, -0.2) is 0 Å². The molecule has 1 saturated heterocycles. The summed E-state index contributed by atoms with van der Waals surface area (Å²) in [6.45, 7) is 1.35. The van der Waals surface area contributed by atoms with E-state index >= 15 is 0 Å². The van der Waals surface area contributed by atoms with Gasteiger partial charge in [0.15, 0.2) is 5.75 Å². The third-order valence-corrected chi connectivity index (χ3v) is 5.47. The maximum absolute atomic E-state index is 12.8. The first-order chi connectivity index (χ1) is 15.5. The van der Waals surface area contributed by atoms with Crippen LogP contribution in [0.25, 0.3) is 0 Å². The monoisotopic (exact) mass is 450 g/mol. The van der Waals surface area contributed by atoms with Gasteiger partial charge in [-0.2, -0.15) is 0 Å². The summed E-state index contributed by atoms with van der Waals surface area (Å²) in [4.78, 5) is 26.5. The molecule has 2 amide bonds. The van der Waals surface area contributed by atoms with Gasteiger partial charge in [-0.05, 0) is 66.6 Å². The minimum absolute atomic E-state index is 0.178. The van der Waals surface area contributed by atoms with Crippen LogP contribution < -0.4 is 14.8 Å². The largest absolute Gasteiger partial charge is 0.497 e. The van der Waals surface area contributed by atoms with Crippen LogP contribution in [0.4, 0.5) is 5.69 Å². The standard InChI is InChI=1S/C25H23ClN2O4/c1-31-20-9-11-21(12-10-20)32-23-13-8-19(26)15-22(23)27-25(30)18-6-4-17(5-7-18)16-28-14-2-3-24(28)29/h4-13,15H,2-3,14,16H2,1H3,(H,27,30). The number of anilines is 1. The van der Waals surface area contributed by atoms with E-state index in [0.717, 1.165) is 24.3 Å². The zero-order valence-electron chi connectivity index (χ0n) is 17.6. The Morgan fingerprint density at radius 3 is 2.41 bits per heavy atom. The van der Waals surface area contributed by atoms with Crippen LogP contribution in [-0.4, -0.2) is 30.4 Å². The summed E-state index contributed by atoms with van der Waals surface area (Å²) in [5, 5.41) is 3.35. The molecular formula is C25H23ClN2O4. The average Bonchev–Trinajstić information content (AvgIpc) is 3.21. The normalized spacial score (nSPS) is 13.2. The molecule has 7 heteroatoms. The molecule has 1 heterocycles. The van der Waals surface area contributed by atoms with Crippen molar-refractivity contribution in [3.8, 4) is 17.2 Å². The summed E-state index contributed by atoms with van der Waals surface area (Å²) in [6, 6.07) is 19.4. The summed E-state index contributed by atoms with van der Waals surface area (Å²) in [5.41, 5.74) is 1.95. The molecule has 6 nitrogen and oxygen atoms in total. The van der Waals surface area contributed by atoms with Gasteiger partial charge in [0, 0.05) is 30.1 Å². The molecule has 0 bridgehead atoms. The lowest BCUT2D eigenvalue weighted by atomic mass is 10.1. The van der Waals surface area contributed by atoms with Gasteiger partial charge in [0.2, 0.25) is 5.91 Å². The number of nitrogens with zero attached hydrogens (tertiary/aromatic N) is 1. The molecule has 164 valence electrons. The van der Waals surface area contributed by atoms with Crippen molar-refractivity contribution < 1.29 is 19.1 Å². The average molecular weight is 451 g/mol. The Morgan fingerprint density at radius 2 is 1.75 bits per heavy atom. The molecule has 1 aliphatic heterocycles. The molecule has 0 atom stereocenters. The molecule has 0 aromatic heterocycles. The smallest absolute Gasteiger partial charge is 0.255 e. The molecule has 1 fully saturated rings. The van der Waals surface area contributed by atoms with E-state index in [0.29, 0.717) is 40.7 Å². The van der Waals surface area contributed by atoms with Crippen LogP contribution in [0.2, 0.25) is 5.02 Å². The highest BCUT2D eigenvalue weighted by molar-refractivity contribution is 6.31. The second kappa shape index (κ2) is 9.75. The van der Waals surface area contributed by atoms with Crippen molar-refractivity contribution in [2.24, 2.45) is 0 Å². The predicted octanol–water partition coefficient (Wildman–Crippen LogP) is 5.52. The molecular weight excluding hydrogens is 428 g/mol. The zero-order chi connectivity index (χ0) is 22.5. The van der Waals surface area contributed by atoms with E-state index in [4.69, 9.17) is 21.1 Å². The number of carbonyl (C=O) groups is 2. The highest BCUT2D eigenvalue weighted by Crippen LogP contribution is 2.33. The third-order valence-electron chi connectivity index (χ3n) is 5.24.